The van der Waals surface area contributed by atoms with Crippen molar-refractivity contribution in [2.75, 3.05) is 6.61 Å². The second kappa shape index (κ2) is 5.36. The summed E-state index contributed by atoms with van der Waals surface area (Å²) in [6.45, 7) is -0.232. The Kier molecular flexibility index (Phi) is 3.61. The number of amides is 1. The van der Waals surface area contributed by atoms with Crippen molar-refractivity contribution < 1.29 is 32.2 Å². The summed E-state index contributed by atoms with van der Waals surface area (Å²) in [5.74, 6) is -0.742. The molecule has 1 saturated heterocycles. The summed E-state index contributed by atoms with van der Waals surface area (Å²) < 4.78 is 47.5. The van der Waals surface area contributed by atoms with Gasteiger partial charge in [0, 0.05) is 6.20 Å². The summed E-state index contributed by atoms with van der Waals surface area (Å²) in [7, 11) is 0. The van der Waals surface area contributed by atoms with E-state index in [2.05, 4.69) is 24.8 Å². The fourth-order valence-corrected chi connectivity index (χ4v) is 2.46. The number of halogens is 3. The first-order valence-electron chi connectivity index (χ1n) is 6.86. The number of nitrogens with zero attached hydrogens (tertiary/aromatic N) is 2. The van der Waals surface area contributed by atoms with Crippen LogP contribution in [0.5, 0.6) is 0 Å². The molecule has 2 fully saturated rings. The quantitative estimate of drug-likeness (QED) is 0.845. The summed E-state index contributed by atoms with van der Waals surface area (Å²) >= 11 is 0. The maximum Gasteiger partial charge on any atom is 0.509 e. The summed E-state index contributed by atoms with van der Waals surface area (Å²) in [4.78, 5) is 30.4. The Morgan fingerprint density at radius 2 is 2.13 bits per heavy atom. The SMILES string of the molecule is O=C1OCC(C(=O)NC2(c3nccc(C(F)(F)F)n3)CCC2)O1. The van der Waals surface area contributed by atoms with Gasteiger partial charge in [-0.05, 0) is 25.3 Å². The average molecular weight is 331 g/mol. The Morgan fingerprint density at radius 1 is 1.39 bits per heavy atom. The first-order chi connectivity index (χ1) is 10.8. The Bertz CT molecular complexity index is 646. The molecule has 0 bridgehead atoms. The summed E-state index contributed by atoms with van der Waals surface area (Å²) in [6, 6.07) is 0.768. The van der Waals surface area contributed by atoms with E-state index < -0.39 is 35.6 Å². The zero-order valence-corrected chi connectivity index (χ0v) is 11.7. The van der Waals surface area contributed by atoms with Crippen LogP contribution in [0.4, 0.5) is 18.0 Å². The minimum Gasteiger partial charge on any atom is -0.430 e. The van der Waals surface area contributed by atoms with E-state index in [1.165, 1.54) is 0 Å². The van der Waals surface area contributed by atoms with E-state index in [0.717, 1.165) is 12.3 Å². The lowest BCUT2D eigenvalue weighted by Gasteiger charge is -2.41. The smallest absolute Gasteiger partial charge is 0.430 e. The molecule has 1 N–H and O–H groups in total. The van der Waals surface area contributed by atoms with Crippen LogP contribution in [-0.4, -0.2) is 34.7 Å². The third-order valence-corrected chi connectivity index (χ3v) is 3.83. The number of hydrogen-bond acceptors (Lipinski definition) is 6. The number of carbonyl (C=O) groups excluding carboxylic acids is 2. The van der Waals surface area contributed by atoms with Crippen molar-refractivity contribution in [1.29, 1.82) is 0 Å². The van der Waals surface area contributed by atoms with Crippen LogP contribution in [0.15, 0.2) is 12.3 Å². The lowest BCUT2D eigenvalue weighted by molar-refractivity contribution is -0.141. The van der Waals surface area contributed by atoms with Crippen LogP contribution in [0.1, 0.15) is 30.8 Å². The molecule has 1 amide bonds. The standard InChI is InChI=1S/C13H12F3N3O4/c14-13(15,16)8-2-5-17-10(18-8)12(3-1-4-12)19-9(20)7-6-22-11(21)23-7/h2,5,7H,1,3-4,6H2,(H,19,20). The van der Waals surface area contributed by atoms with Crippen LogP contribution < -0.4 is 5.32 Å². The molecule has 1 saturated carbocycles. The number of ether oxygens (including phenoxy) is 2. The number of cyclic esters (lactones) is 2. The van der Waals surface area contributed by atoms with Crippen molar-refractivity contribution in [3.8, 4) is 0 Å². The highest BCUT2D eigenvalue weighted by molar-refractivity contribution is 5.85. The molecule has 1 atom stereocenters. The zero-order chi connectivity index (χ0) is 16.7. The van der Waals surface area contributed by atoms with Crippen LogP contribution in [0.3, 0.4) is 0 Å². The van der Waals surface area contributed by atoms with Crippen molar-refractivity contribution in [3.63, 3.8) is 0 Å². The average Bonchev–Trinajstić information content (AvgIpc) is 2.88. The number of rotatable bonds is 3. The number of hydrogen-bond donors (Lipinski definition) is 1. The van der Waals surface area contributed by atoms with Gasteiger partial charge in [0.1, 0.15) is 12.3 Å². The molecule has 2 aliphatic rings. The molecule has 124 valence electrons. The first-order valence-corrected chi connectivity index (χ1v) is 6.86. The molecule has 1 aromatic heterocycles. The minimum absolute atomic E-state index is 0.0998. The highest BCUT2D eigenvalue weighted by Crippen LogP contribution is 2.40. The molecule has 1 aliphatic carbocycles. The molecule has 1 aliphatic heterocycles. The highest BCUT2D eigenvalue weighted by Gasteiger charge is 2.46. The lowest BCUT2D eigenvalue weighted by atomic mass is 9.75. The maximum atomic E-state index is 12.8. The van der Waals surface area contributed by atoms with Crippen molar-refractivity contribution >= 4 is 12.1 Å². The van der Waals surface area contributed by atoms with Gasteiger partial charge in [-0.1, -0.05) is 0 Å². The second-order valence-electron chi connectivity index (χ2n) is 5.36. The van der Waals surface area contributed by atoms with E-state index in [9.17, 15) is 22.8 Å². The molecule has 2 heterocycles. The fraction of sp³-hybridized carbons (Fsp3) is 0.538. The Morgan fingerprint density at radius 3 is 2.65 bits per heavy atom. The fourth-order valence-electron chi connectivity index (χ4n) is 2.46. The molecule has 0 spiro atoms. The van der Waals surface area contributed by atoms with Gasteiger partial charge in [0.05, 0.1) is 5.54 Å². The Hall–Kier alpha value is -2.39. The van der Waals surface area contributed by atoms with Crippen molar-refractivity contribution in [2.45, 2.75) is 37.1 Å². The van der Waals surface area contributed by atoms with Gasteiger partial charge in [-0.25, -0.2) is 14.8 Å². The Balaban J connectivity index is 1.81. The number of aromatic nitrogens is 2. The van der Waals surface area contributed by atoms with Gasteiger partial charge in [0.2, 0.25) is 6.10 Å². The van der Waals surface area contributed by atoms with Gasteiger partial charge in [-0.15, -0.1) is 0 Å². The van der Waals surface area contributed by atoms with E-state index in [4.69, 9.17) is 0 Å². The van der Waals surface area contributed by atoms with Crippen molar-refractivity contribution in [1.82, 2.24) is 15.3 Å². The van der Waals surface area contributed by atoms with Gasteiger partial charge < -0.3 is 14.8 Å². The molecular formula is C13H12F3N3O4. The van der Waals surface area contributed by atoms with Gasteiger partial charge in [-0.2, -0.15) is 13.2 Å². The Labute approximate surface area is 128 Å². The molecule has 10 heteroatoms. The van der Waals surface area contributed by atoms with Crippen LogP contribution >= 0.6 is 0 Å². The summed E-state index contributed by atoms with van der Waals surface area (Å²) in [6.07, 6.45) is -4.14. The molecule has 1 aromatic rings. The first kappa shape index (κ1) is 15.5. The second-order valence-corrected chi connectivity index (χ2v) is 5.36. The third-order valence-electron chi connectivity index (χ3n) is 3.83. The zero-order valence-electron chi connectivity index (χ0n) is 11.7. The van der Waals surface area contributed by atoms with E-state index >= 15 is 0 Å². The molecule has 7 nitrogen and oxygen atoms in total. The third kappa shape index (κ3) is 2.92. The van der Waals surface area contributed by atoms with E-state index in [1.807, 2.05) is 0 Å². The van der Waals surface area contributed by atoms with E-state index in [1.54, 1.807) is 0 Å². The van der Waals surface area contributed by atoms with Crippen molar-refractivity contribution in [3.05, 3.63) is 23.8 Å². The predicted octanol–water partition coefficient (Wildman–Crippen LogP) is 1.53. The van der Waals surface area contributed by atoms with Crippen LogP contribution in [0.25, 0.3) is 0 Å². The molecule has 1 unspecified atom stereocenters. The molecule has 0 radical (unpaired) electrons. The molecule has 0 aromatic carbocycles. The van der Waals surface area contributed by atoms with Crippen LogP contribution in [0, 0.1) is 0 Å². The summed E-state index contributed by atoms with van der Waals surface area (Å²) in [5.41, 5.74) is -2.15. The monoisotopic (exact) mass is 331 g/mol. The van der Waals surface area contributed by atoms with Gasteiger partial charge in [-0.3, -0.25) is 4.79 Å². The molecular weight excluding hydrogens is 319 g/mol. The normalized spacial score (nSPS) is 22.7. The van der Waals surface area contributed by atoms with E-state index in [0.29, 0.717) is 19.3 Å². The number of carbonyl (C=O) groups is 2. The van der Waals surface area contributed by atoms with Gasteiger partial charge >= 0.3 is 12.3 Å². The summed E-state index contributed by atoms with van der Waals surface area (Å²) in [5, 5.41) is 2.60. The lowest BCUT2D eigenvalue weighted by Crippen LogP contribution is -2.55. The minimum atomic E-state index is -4.60. The largest absolute Gasteiger partial charge is 0.509 e. The van der Waals surface area contributed by atoms with E-state index in [-0.39, 0.29) is 12.4 Å². The predicted molar refractivity (Wildman–Crippen MR) is 66.9 cm³/mol. The number of alkyl halides is 3. The van der Waals surface area contributed by atoms with Crippen LogP contribution in [0.2, 0.25) is 0 Å². The topological polar surface area (TPSA) is 90.4 Å². The highest BCUT2D eigenvalue weighted by atomic mass is 19.4. The number of nitrogens with one attached hydrogen (secondary N) is 1. The molecule has 3 rings (SSSR count). The van der Waals surface area contributed by atoms with Crippen molar-refractivity contribution in [2.24, 2.45) is 0 Å². The van der Waals surface area contributed by atoms with Crippen LogP contribution in [-0.2, 0) is 26.0 Å². The molecule has 23 heavy (non-hydrogen) atoms. The van der Waals surface area contributed by atoms with Gasteiger partial charge in [0.15, 0.2) is 5.82 Å². The van der Waals surface area contributed by atoms with Gasteiger partial charge in [0.25, 0.3) is 5.91 Å². The maximum absolute atomic E-state index is 12.8.